The molecule has 5 nitrogen and oxygen atoms in total. The number of halogens is 1. The van der Waals surface area contributed by atoms with Crippen LogP contribution < -0.4 is 9.62 Å². The Morgan fingerprint density at radius 3 is 2.18 bits per heavy atom. The molecule has 28 heavy (non-hydrogen) atoms. The SMILES string of the molecule is C[C@H](NC(=O)c1cc(N(C)S(C)(=O)=O)ccc1Cl)c1ccc(C(C)(C)C)cc1. The zero-order valence-corrected chi connectivity index (χ0v) is 18.6. The van der Waals surface area contributed by atoms with E-state index in [1.54, 1.807) is 6.07 Å². The molecule has 2 aromatic rings. The molecule has 0 aliphatic heterocycles. The van der Waals surface area contributed by atoms with Crippen molar-refractivity contribution in [2.24, 2.45) is 0 Å². The first-order valence-corrected chi connectivity index (χ1v) is 11.2. The summed E-state index contributed by atoms with van der Waals surface area (Å²) in [6.07, 6.45) is 1.10. The number of nitrogens with one attached hydrogen (secondary N) is 1. The van der Waals surface area contributed by atoms with Crippen LogP contribution in [0.2, 0.25) is 5.02 Å². The van der Waals surface area contributed by atoms with Crippen LogP contribution in [0, 0.1) is 0 Å². The minimum Gasteiger partial charge on any atom is -0.345 e. The molecule has 7 heteroatoms. The Balaban J connectivity index is 2.22. The van der Waals surface area contributed by atoms with Gasteiger partial charge in [0.05, 0.1) is 28.6 Å². The van der Waals surface area contributed by atoms with Gasteiger partial charge in [-0.1, -0.05) is 56.6 Å². The summed E-state index contributed by atoms with van der Waals surface area (Å²) in [7, 11) is -2.00. The molecule has 2 aromatic carbocycles. The molecule has 0 unspecified atom stereocenters. The summed E-state index contributed by atoms with van der Waals surface area (Å²) in [5, 5.41) is 3.19. The van der Waals surface area contributed by atoms with Crippen LogP contribution in [0.1, 0.15) is 55.2 Å². The predicted molar refractivity (Wildman–Crippen MR) is 116 cm³/mol. The Morgan fingerprint density at radius 1 is 1.11 bits per heavy atom. The lowest BCUT2D eigenvalue weighted by atomic mass is 9.86. The van der Waals surface area contributed by atoms with Crippen LogP contribution in [0.5, 0.6) is 0 Å². The maximum absolute atomic E-state index is 12.7. The van der Waals surface area contributed by atoms with E-state index in [0.29, 0.717) is 5.69 Å². The smallest absolute Gasteiger partial charge is 0.253 e. The van der Waals surface area contributed by atoms with E-state index in [0.717, 1.165) is 16.1 Å². The summed E-state index contributed by atoms with van der Waals surface area (Å²) in [4.78, 5) is 12.7. The van der Waals surface area contributed by atoms with Crippen LogP contribution in [0.3, 0.4) is 0 Å². The molecule has 2 rings (SSSR count). The third-order valence-corrected chi connectivity index (χ3v) is 6.22. The molecule has 1 atom stereocenters. The van der Waals surface area contributed by atoms with Gasteiger partial charge >= 0.3 is 0 Å². The van der Waals surface area contributed by atoms with Crippen LogP contribution in [0.25, 0.3) is 0 Å². The number of amides is 1. The first-order valence-electron chi connectivity index (χ1n) is 8.95. The van der Waals surface area contributed by atoms with Crippen molar-refractivity contribution >= 4 is 33.2 Å². The van der Waals surface area contributed by atoms with Gasteiger partial charge in [-0.05, 0) is 41.7 Å². The van der Waals surface area contributed by atoms with E-state index in [1.807, 2.05) is 19.1 Å². The standard InChI is InChI=1S/C21H27ClN2O3S/c1-14(15-7-9-16(10-8-15)21(2,3)4)23-20(25)18-13-17(11-12-19(18)22)24(5)28(6,26)27/h7-14H,1-6H3,(H,23,25)/t14-/m0/s1. The Kier molecular flexibility index (Phi) is 6.46. The summed E-state index contributed by atoms with van der Waals surface area (Å²) >= 11 is 6.18. The second-order valence-corrected chi connectivity index (χ2v) is 10.4. The van der Waals surface area contributed by atoms with Crippen LogP contribution in [-0.2, 0) is 15.4 Å². The van der Waals surface area contributed by atoms with Crippen molar-refractivity contribution in [1.82, 2.24) is 5.32 Å². The fourth-order valence-electron chi connectivity index (χ4n) is 2.70. The van der Waals surface area contributed by atoms with E-state index >= 15 is 0 Å². The van der Waals surface area contributed by atoms with Crippen LogP contribution in [0.15, 0.2) is 42.5 Å². The Labute approximate surface area is 172 Å². The van der Waals surface area contributed by atoms with Gasteiger partial charge in [-0.2, -0.15) is 0 Å². The van der Waals surface area contributed by atoms with Gasteiger partial charge in [0.15, 0.2) is 0 Å². The molecule has 0 heterocycles. The van der Waals surface area contributed by atoms with E-state index in [-0.39, 0.29) is 28.0 Å². The van der Waals surface area contributed by atoms with Gasteiger partial charge < -0.3 is 5.32 Å². The van der Waals surface area contributed by atoms with E-state index in [1.165, 1.54) is 24.7 Å². The highest BCUT2D eigenvalue weighted by molar-refractivity contribution is 7.92. The van der Waals surface area contributed by atoms with E-state index in [4.69, 9.17) is 11.6 Å². The summed E-state index contributed by atoms with van der Waals surface area (Å²) < 4.78 is 24.6. The summed E-state index contributed by atoms with van der Waals surface area (Å²) in [5.41, 5.74) is 2.85. The Hall–Kier alpha value is -2.05. The summed E-state index contributed by atoms with van der Waals surface area (Å²) in [6, 6.07) is 12.5. The van der Waals surface area contributed by atoms with Crippen LogP contribution in [0.4, 0.5) is 5.69 Å². The molecule has 0 saturated carbocycles. The minimum absolute atomic E-state index is 0.0601. The zero-order valence-electron chi connectivity index (χ0n) is 17.1. The maximum atomic E-state index is 12.7. The number of benzene rings is 2. The summed E-state index contributed by atoms with van der Waals surface area (Å²) in [5.74, 6) is -0.360. The number of rotatable bonds is 5. The lowest BCUT2D eigenvalue weighted by molar-refractivity contribution is 0.0940. The van der Waals surface area contributed by atoms with Crippen LogP contribution >= 0.6 is 11.6 Å². The number of sulfonamides is 1. The van der Waals surface area contributed by atoms with Gasteiger partial charge in [0.2, 0.25) is 10.0 Å². The quantitative estimate of drug-likeness (QED) is 0.770. The highest BCUT2D eigenvalue weighted by Gasteiger charge is 2.19. The molecule has 0 spiro atoms. The molecule has 1 amide bonds. The molecule has 0 aliphatic carbocycles. The molecule has 152 valence electrons. The molecule has 0 aromatic heterocycles. The predicted octanol–water partition coefficient (Wildman–Crippen LogP) is 4.52. The highest BCUT2D eigenvalue weighted by atomic mass is 35.5. The van der Waals surface area contributed by atoms with Gasteiger partial charge in [0.1, 0.15) is 0 Å². The molecular formula is C21H27ClN2O3S. The van der Waals surface area contributed by atoms with Crippen molar-refractivity contribution in [1.29, 1.82) is 0 Å². The number of nitrogens with zero attached hydrogens (tertiary/aromatic N) is 1. The number of carbonyl (C=O) groups excluding carboxylic acids is 1. The van der Waals surface area contributed by atoms with E-state index in [9.17, 15) is 13.2 Å². The lowest BCUT2D eigenvalue weighted by Gasteiger charge is -2.21. The normalized spacial score (nSPS) is 13.1. The fraction of sp³-hybridized carbons (Fsp3) is 0.381. The van der Waals surface area contributed by atoms with E-state index in [2.05, 4.69) is 38.2 Å². The first-order chi connectivity index (χ1) is 12.8. The van der Waals surface area contributed by atoms with Gasteiger partial charge in [-0.25, -0.2) is 8.42 Å². The molecule has 0 radical (unpaired) electrons. The van der Waals surface area contributed by atoms with Crippen molar-refractivity contribution in [2.75, 3.05) is 17.6 Å². The number of carbonyl (C=O) groups is 1. The largest absolute Gasteiger partial charge is 0.345 e. The molecule has 0 bridgehead atoms. The molecule has 0 fully saturated rings. The average Bonchev–Trinajstić information content (AvgIpc) is 2.60. The van der Waals surface area contributed by atoms with Crippen molar-refractivity contribution in [3.8, 4) is 0 Å². The van der Waals surface area contributed by atoms with E-state index < -0.39 is 10.0 Å². The number of anilines is 1. The summed E-state index contributed by atoms with van der Waals surface area (Å²) in [6.45, 7) is 8.34. The minimum atomic E-state index is -3.43. The third-order valence-electron chi connectivity index (χ3n) is 4.68. The Bertz CT molecular complexity index is 964. The van der Waals surface area contributed by atoms with Crippen molar-refractivity contribution in [3.05, 3.63) is 64.2 Å². The van der Waals surface area contributed by atoms with Gasteiger partial charge in [0.25, 0.3) is 5.91 Å². The molecule has 0 aliphatic rings. The van der Waals surface area contributed by atoms with Gasteiger partial charge in [-0.3, -0.25) is 9.10 Å². The van der Waals surface area contributed by atoms with Crippen molar-refractivity contribution in [3.63, 3.8) is 0 Å². The number of hydrogen-bond donors (Lipinski definition) is 1. The third kappa shape index (κ3) is 5.26. The topological polar surface area (TPSA) is 66.5 Å². The van der Waals surface area contributed by atoms with Crippen molar-refractivity contribution in [2.45, 2.75) is 39.2 Å². The number of hydrogen-bond acceptors (Lipinski definition) is 3. The van der Waals surface area contributed by atoms with Crippen molar-refractivity contribution < 1.29 is 13.2 Å². The lowest BCUT2D eigenvalue weighted by Crippen LogP contribution is -2.28. The van der Waals surface area contributed by atoms with Crippen LogP contribution in [-0.4, -0.2) is 27.6 Å². The molecular weight excluding hydrogens is 396 g/mol. The van der Waals surface area contributed by atoms with Gasteiger partial charge in [0, 0.05) is 7.05 Å². The first kappa shape index (κ1) is 22.2. The molecule has 0 saturated heterocycles. The van der Waals surface area contributed by atoms with Gasteiger partial charge in [-0.15, -0.1) is 0 Å². The molecule has 1 N–H and O–H groups in total. The second-order valence-electron chi connectivity index (χ2n) is 7.96. The Morgan fingerprint density at radius 2 is 1.68 bits per heavy atom. The monoisotopic (exact) mass is 422 g/mol. The maximum Gasteiger partial charge on any atom is 0.253 e. The fourth-order valence-corrected chi connectivity index (χ4v) is 3.40. The second kappa shape index (κ2) is 8.13. The highest BCUT2D eigenvalue weighted by Crippen LogP contribution is 2.26. The average molecular weight is 423 g/mol. The zero-order chi connectivity index (χ0) is 21.3.